The standard InChI is InChI=1S/C15H28N2O2/c1-3-5-6-12-9-13(16-15(18)19-4-2)11-17(10-12)14-7-8-14/h12-14H,3-11H2,1-2H3,(H,16,18). The SMILES string of the molecule is CCCCC1CC(NC(=O)OCC)CN(C2CC2)C1. The highest BCUT2D eigenvalue weighted by atomic mass is 16.5. The summed E-state index contributed by atoms with van der Waals surface area (Å²) in [4.78, 5) is 14.2. The summed E-state index contributed by atoms with van der Waals surface area (Å²) in [6.07, 6.45) is 7.40. The van der Waals surface area contributed by atoms with Crippen LogP contribution in [0.2, 0.25) is 0 Å². The molecule has 2 fully saturated rings. The van der Waals surface area contributed by atoms with Gasteiger partial charge in [-0.25, -0.2) is 4.79 Å². The van der Waals surface area contributed by atoms with Crippen LogP contribution in [-0.4, -0.2) is 42.8 Å². The van der Waals surface area contributed by atoms with E-state index in [9.17, 15) is 4.79 Å². The lowest BCUT2D eigenvalue weighted by Crippen LogP contribution is -2.51. The number of nitrogens with zero attached hydrogens (tertiary/aromatic N) is 1. The number of unbranched alkanes of at least 4 members (excludes halogenated alkanes) is 1. The molecule has 0 aromatic rings. The van der Waals surface area contributed by atoms with E-state index < -0.39 is 0 Å². The Labute approximate surface area is 116 Å². The number of amides is 1. The van der Waals surface area contributed by atoms with Crippen LogP contribution >= 0.6 is 0 Å². The van der Waals surface area contributed by atoms with Crippen LogP contribution < -0.4 is 5.32 Å². The van der Waals surface area contributed by atoms with E-state index in [1.54, 1.807) is 0 Å². The molecule has 1 amide bonds. The van der Waals surface area contributed by atoms with Crippen molar-refractivity contribution in [2.75, 3.05) is 19.7 Å². The van der Waals surface area contributed by atoms with Gasteiger partial charge in [0.2, 0.25) is 0 Å². The quantitative estimate of drug-likeness (QED) is 0.805. The van der Waals surface area contributed by atoms with Gasteiger partial charge in [0.25, 0.3) is 0 Å². The van der Waals surface area contributed by atoms with Gasteiger partial charge in [-0.15, -0.1) is 0 Å². The van der Waals surface area contributed by atoms with Gasteiger partial charge in [-0.05, 0) is 38.5 Å². The number of hydrogen-bond donors (Lipinski definition) is 1. The highest BCUT2D eigenvalue weighted by Gasteiger charge is 2.36. The number of rotatable bonds is 6. The zero-order valence-corrected chi connectivity index (χ0v) is 12.4. The minimum atomic E-state index is -0.251. The average molecular weight is 268 g/mol. The van der Waals surface area contributed by atoms with Crippen molar-refractivity contribution in [1.29, 1.82) is 0 Å². The lowest BCUT2D eigenvalue weighted by molar-refractivity contribution is 0.109. The van der Waals surface area contributed by atoms with Crippen molar-refractivity contribution in [3.8, 4) is 0 Å². The third kappa shape index (κ3) is 4.68. The minimum Gasteiger partial charge on any atom is -0.450 e. The second-order valence-electron chi connectivity index (χ2n) is 5.99. The fourth-order valence-electron chi connectivity index (χ4n) is 3.12. The molecule has 0 aromatic heterocycles. The van der Waals surface area contributed by atoms with Crippen molar-refractivity contribution in [2.24, 2.45) is 5.92 Å². The molecule has 0 bridgehead atoms. The molecule has 1 N–H and O–H groups in total. The Morgan fingerprint density at radius 1 is 1.32 bits per heavy atom. The Kier molecular flexibility index (Phi) is 5.49. The normalized spacial score (nSPS) is 28.1. The van der Waals surface area contributed by atoms with Crippen molar-refractivity contribution >= 4 is 6.09 Å². The molecular weight excluding hydrogens is 240 g/mol. The summed E-state index contributed by atoms with van der Waals surface area (Å²) in [6, 6.07) is 1.06. The highest BCUT2D eigenvalue weighted by Crippen LogP contribution is 2.32. The number of hydrogen-bond acceptors (Lipinski definition) is 3. The third-order valence-corrected chi connectivity index (χ3v) is 4.19. The van der Waals surface area contributed by atoms with Gasteiger partial charge < -0.3 is 10.1 Å². The highest BCUT2D eigenvalue weighted by molar-refractivity contribution is 5.67. The summed E-state index contributed by atoms with van der Waals surface area (Å²) in [7, 11) is 0. The second-order valence-corrected chi connectivity index (χ2v) is 5.99. The summed E-state index contributed by atoms with van der Waals surface area (Å²) < 4.78 is 5.00. The van der Waals surface area contributed by atoms with E-state index >= 15 is 0 Å². The largest absolute Gasteiger partial charge is 0.450 e. The number of nitrogens with one attached hydrogen (secondary N) is 1. The van der Waals surface area contributed by atoms with Gasteiger partial charge in [-0.3, -0.25) is 4.90 Å². The van der Waals surface area contributed by atoms with E-state index in [1.165, 1.54) is 38.6 Å². The van der Waals surface area contributed by atoms with Crippen LogP contribution in [0.5, 0.6) is 0 Å². The zero-order valence-electron chi connectivity index (χ0n) is 12.4. The first kappa shape index (κ1) is 14.6. The third-order valence-electron chi connectivity index (χ3n) is 4.19. The van der Waals surface area contributed by atoms with Crippen molar-refractivity contribution in [2.45, 2.75) is 64.5 Å². The maximum absolute atomic E-state index is 11.6. The van der Waals surface area contributed by atoms with E-state index in [-0.39, 0.29) is 12.1 Å². The lowest BCUT2D eigenvalue weighted by Gasteiger charge is -2.38. The average Bonchev–Trinajstić information content (AvgIpc) is 3.20. The molecule has 2 atom stereocenters. The predicted octanol–water partition coefficient (Wildman–Crippen LogP) is 2.78. The number of carbonyl (C=O) groups is 1. The fourth-order valence-corrected chi connectivity index (χ4v) is 3.12. The molecule has 4 nitrogen and oxygen atoms in total. The maximum Gasteiger partial charge on any atom is 0.407 e. The Hall–Kier alpha value is -0.770. The van der Waals surface area contributed by atoms with Gasteiger partial charge in [0, 0.05) is 25.2 Å². The van der Waals surface area contributed by atoms with Gasteiger partial charge in [0.05, 0.1) is 6.61 Å². The molecule has 2 rings (SSSR count). The van der Waals surface area contributed by atoms with Crippen LogP contribution in [0.3, 0.4) is 0 Å². The molecular formula is C15H28N2O2. The van der Waals surface area contributed by atoms with Gasteiger partial charge >= 0.3 is 6.09 Å². The molecule has 0 aromatic carbocycles. The first-order valence-corrected chi connectivity index (χ1v) is 7.90. The minimum absolute atomic E-state index is 0.251. The molecule has 2 aliphatic rings. The van der Waals surface area contributed by atoms with Gasteiger partial charge in [0.1, 0.15) is 0 Å². The Morgan fingerprint density at radius 2 is 2.11 bits per heavy atom. The van der Waals surface area contributed by atoms with E-state index in [4.69, 9.17) is 4.74 Å². The van der Waals surface area contributed by atoms with Gasteiger partial charge in [-0.1, -0.05) is 19.8 Å². The number of ether oxygens (including phenoxy) is 1. The molecule has 1 aliphatic carbocycles. The van der Waals surface area contributed by atoms with Crippen molar-refractivity contribution in [3.63, 3.8) is 0 Å². The Morgan fingerprint density at radius 3 is 2.74 bits per heavy atom. The van der Waals surface area contributed by atoms with Crippen molar-refractivity contribution in [1.82, 2.24) is 10.2 Å². The molecule has 1 heterocycles. The lowest BCUT2D eigenvalue weighted by atomic mass is 9.90. The number of carbonyl (C=O) groups excluding carboxylic acids is 1. The second kappa shape index (κ2) is 7.13. The van der Waals surface area contributed by atoms with Crippen LogP contribution in [0, 0.1) is 5.92 Å². The Balaban J connectivity index is 1.84. The Bertz CT molecular complexity index is 292. The van der Waals surface area contributed by atoms with Crippen LogP contribution in [-0.2, 0) is 4.74 Å². The number of likely N-dealkylation sites (tertiary alicyclic amines) is 1. The topological polar surface area (TPSA) is 41.6 Å². The van der Waals surface area contributed by atoms with Crippen LogP contribution in [0.1, 0.15) is 52.4 Å². The summed E-state index contributed by atoms with van der Waals surface area (Å²) in [5, 5.41) is 3.04. The predicted molar refractivity (Wildman–Crippen MR) is 76.2 cm³/mol. The monoisotopic (exact) mass is 268 g/mol. The first-order valence-electron chi connectivity index (χ1n) is 7.90. The summed E-state index contributed by atoms with van der Waals surface area (Å²) in [6.45, 7) is 6.78. The number of alkyl carbamates (subject to hydrolysis) is 1. The number of piperidine rings is 1. The molecule has 2 unspecified atom stereocenters. The smallest absolute Gasteiger partial charge is 0.407 e. The molecule has 0 radical (unpaired) electrons. The summed E-state index contributed by atoms with van der Waals surface area (Å²) in [5.41, 5.74) is 0. The molecule has 19 heavy (non-hydrogen) atoms. The van der Waals surface area contributed by atoms with Crippen LogP contribution in [0.4, 0.5) is 4.79 Å². The van der Waals surface area contributed by atoms with Crippen molar-refractivity contribution in [3.05, 3.63) is 0 Å². The van der Waals surface area contributed by atoms with Gasteiger partial charge in [-0.2, -0.15) is 0 Å². The van der Waals surface area contributed by atoms with Crippen LogP contribution in [0.25, 0.3) is 0 Å². The zero-order chi connectivity index (χ0) is 13.7. The van der Waals surface area contributed by atoms with Crippen LogP contribution in [0.15, 0.2) is 0 Å². The summed E-state index contributed by atoms with van der Waals surface area (Å²) >= 11 is 0. The molecule has 110 valence electrons. The summed E-state index contributed by atoms with van der Waals surface area (Å²) in [5.74, 6) is 0.737. The van der Waals surface area contributed by atoms with Gasteiger partial charge in [0.15, 0.2) is 0 Å². The van der Waals surface area contributed by atoms with E-state index in [1.807, 2.05) is 6.92 Å². The van der Waals surface area contributed by atoms with E-state index in [0.717, 1.165) is 24.9 Å². The first-order chi connectivity index (χ1) is 9.22. The van der Waals surface area contributed by atoms with E-state index in [2.05, 4.69) is 17.1 Å². The maximum atomic E-state index is 11.6. The molecule has 4 heteroatoms. The molecule has 1 saturated carbocycles. The molecule has 0 spiro atoms. The van der Waals surface area contributed by atoms with Crippen molar-refractivity contribution < 1.29 is 9.53 Å². The molecule has 1 saturated heterocycles. The fraction of sp³-hybridized carbons (Fsp3) is 0.933. The molecule has 1 aliphatic heterocycles. The van der Waals surface area contributed by atoms with E-state index in [0.29, 0.717) is 6.61 Å².